The minimum absolute atomic E-state index is 2.20. The zero-order valence-corrected chi connectivity index (χ0v) is 7.00. The Morgan fingerprint density at radius 1 is 0.733 bits per heavy atom. The maximum atomic E-state index is 11.8. The van der Waals surface area contributed by atoms with Crippen LogP contribution in [-0.4, -0.2) is 37.9 Å². The van der Waals surface area contributed by atoms with Crippen molar-refractivity contribution in [2.75, 3.05) is 13.3 Å². The molecule has 0 aliphatic carbocycles. The maximum Gasteiger partial charge on any atom is 0.417 e. The van der Waals surface area contributed by atoms with E-state index in [1.165, 1.54) is 0 Å². The van der Waals surface area contributed by atoms with Crippen molar-refractivity contribution < 1.29 is 39.9 Å². The Balaban J connectivity index is 4.52. The highest BCUT2D eigenvalue weighted by molar-refractivity contribution is 4.73. The molecule has 2 atom stereocenters. The molecule has 92 valence electrons. The molecule has 0 rings (SSSR count). The average molecular weight is 246 g/mol. The highest BCUT2D eigenvalue weighted by Crippen LogP contribution is 2.30. The van der Waals surface area contributed by atoms with Gasteiger partial charge in [-0.15, -0.1) is 0 Å². The standard InChI is InChI=1S/C6H6F8O/c7-1-3(5(9,10)11)15-4(2-8)6(12,13)14/h3-4H,1-2H2. The van der Waals surface area contributed by atoms with Crippen molar-refractivity contribution in [3.05, 3.63) is 0 Å². The lowest BCUT2D eigenvalue weighted by atomic mass is 10.3. The number of ether oxygens (including phenoxy) is 1. The predicted molar refractivity (Wildman–Crippen MR) is 32.7 cm³/mol. The molecule has 9 heteroatoms. The smallest absolute Gasteiger partial charge is 0.351 e. The van der Waals surface area contributed by atoms with Crippen LogP contribution in [0.4, 0.5) is 35.1 Å². The van der Waals surface area contributed by atoms with Gasteiger partial charge in [0, 0.05) is 0 Å². The Morgan fingerprint density at radius 3 is 1.13 bits per heavy atom. The minimum atomic E-state index is -5.30. The lowest BCUT2D eigenvalue weighted by Gasteiger charge is -2.24. The highest BCUT2D eigenvalue weighted by atomic mass is 19.4. The van der Waals surface area contributed by atoms with E-state index in [2.05, 4.69) is 4.74 Å². The molecule has 0 aliphatic rings. The molecule has 0 aromatic carbocycles. The van der Waals surface area contributed by atoms with Gasteiger partial charge in [-0.3, -0.25) is 0 Å². The van der Waals surface area contributed by atoms with Crippen molar-refractivity contribution in [3.63, 3.8) is 0 Å². The fourth-order valence-electron chi connectivity index (χ4n) is 0.600. The van der Waals surface area contributed by atoms with E-state index in [-0.39, 0.29) is 0 Å². The largest absolute Gasteiger partial charge is 0.417 e. The van der Waals surface area contributed by atoms with Gasteiger partial charge in [0.1, 0.15) is 13.3 Å². The Bertz CT molecular complexity index is 165. The number of hydrogen-bond acceptors (Lipinski definition) is 1. The second-order valence-corrected chi connectivity index (χ2v) is 2.51. The van der Waals surface area contributed by atoms with E-state index in [9.17, 15) is 35.1 Å². The lowest BCUT2D eigenvalue weighted by molar-refractivity contribution is -0.289. The SMILES string of the molecule is FCC(OC(CF)C(F)(F)F)C(F)(F)F. The third-order valence-electron chi connectivity index (χ3n) is 1.34. The monoisotopic (exact) mass is 246 g/mol. The summed E-state index contributed by atoms with van der Waals surface area (Å²) in [5.74, 6) is 0. The third-order valence-corrected chi connectivity index (χ3v) is 1.34. The highest BCUT2D eigenvalue weighted by Gasteiger charge is 2.48. The van der Waals surface area contributed by atoms with E-state index in [1.54, 1.807) is 0 Å². The summed E-state index contributed by atoms with van der Waals surface area (Å²) < 4.78 is 97.2. The van der Waals surface area contributed by atoms with Crippen LogP contribution >= 0.6 is 0 Å². The number of rotatable bonds is 4. The molecule has 0 N–H and O–H groups in total. The van der Waals surface area contributed by atoms with E-state index in [0.29, 0.717) is 0 Å². The van der Waals surface area contributed by atoms with E-state index in [4.69, 9.17) is 0 Å². The number of hydrogen-bond donors (Lipinski definition) is 0. The minimum Gasteiger partial charge on any atom is -0.351 e. The second-order valence-electron chi connectivity index (χ2n) is 2.51. The fraction of sp³-hybridized carbons (Fsp3) is 1.00. The molecule has 0 radical (unpaired) electrons. The van der Waals surface area contributed by atoms with E-state index >= 15 is 0 Å². The second kappa shape index (κ2) is 4.95. The molecule has 0 aromatic rings. The van der Waals surface area contributed by atoms with Gasteiger partial charge in [-0.05, 0) is 0 Å². The summed E-state index contributed by atoms with van der Waals surface area (Å²) in [6.07, 6.45) is -17.1. The van der Waals surface area contributed by atoms with Gasteiger partial charge in [0.15, 0.2) is 12.2 Å². The van der Waals surface area contributed by atoms with E-state index < -0.39 is 37.9 Å². The fourth-order valence-corrected chi connectivity index (χ4v) is 0.600. The first-order valence-corrected chi connectivity index (χ1v) is 3.53. The molecule has 0 aliphatic heterocycles. The van der Waals surface area contributed by atoms with Crippen LogP contribution in [0.15, 0.2) is 0 Å². The molecule has 0 aromatic heterocycles. The molecule has 0 amide bonds. The molecule has 0 saturated heterocycles. The van der Waals surface area contributed by atoms with Gasteiger partial charge in [-0.1, -0.05) is 0 Å². The number of halogens is 8. The maximum absolute atomic E-state index is 11.8. The number of alkyl halides is 8. The predicted octanol–water partition coefficient (Wildman–Crippen LogP) is 2.80. The van der Waals surface area contributed by atoms with Crippen LogP contribution in [0, 0.1) is 0 Å². The Hall–Kier alpha value is -0.600. The van der Waals surface area contributed by atoms with Crippen molar-refractivity contribution in [1.29, 1.82) is 0 Å². The molecule has 1 nitrogen and oxygen atoms in total. The molecular weight excluding hydrogens is 240 g/mol. The van der Waals surface area contributed by atoms with Gasteiger partial charge in [0.05, 0.1) is 0 Å². The van der Waals surface area contributed by atoms with Crippen molar-refractivity contribution in [2.24, 2.45) is 0 Å². The zero-order valence-electron chi connectivity index (χ0n) is 7.00. The first kappa shape index (κ1) is 14.4. The van der Waals surface area contributed by atoms with Gasteiger partial charge in [0.25, 0.3) is 0 Å². The summed E-state index contributed by atoms with van der Waals surface area (Å²) in [6, 6.07) is 0. The summed E-state index contributed by atoms with van der Waals surface area (Å²) in [4.78, 5) is 0. The summed E-state index contributed by atoms with van der Waals surface area (Å²) in [5.41, 5.74) is 0. The van der Waals surface area contributed by atoms with Gasteiger partial charge in [-0.25, -0.2) is 8.78 Å². The molecule has 0 heterocycles. The van der Waals surface area contributed by atoms with E-state index in [0.717, 1.165) is 0 Å². The summed E-state index contributed by atoms with van der Waals surface area (Å²) in [7, 11) is 0. The van der Waals surface area contributed by atoms with Gasteiger partial charge < -0.3 is 4.74 Å². The van der Waals surface area contributed by atoms with Crippen molar-refractivity contribution >= 4 is 0 Å². The first-order valence-electron chi connectivity index (χ1n) is 3.53. The van der Waals surface area contributed by atoms with Crippen molar-refractivity contribution in [3.8, 4) is 0 Å². The quantitative estimate of drug-likeness (QED) is 0.693. The molecule has 0 spiro atoms. The van der Waals surface area contributed by atoms with Gasteiger partial charge in [0.2, 0.25) is 0 Å². The summed E-state index contributed by atoms with van der Waals surface area (Å²) >= 11 is 0. The Labute approximate surface area is 79.0 Å². The van der Waals surface area contributed by atoms with Crippen molar-refractivity contribution in [2.45, 2.75) is 24.6 Å². The molecule has 15 heavy (non-hydrogen) atoms. The average Bonchev–Trinajstić information content (AvgIpc) is 2.01. The normalized spacial score (nSPS) is 17.6. The van der Waals surface area contributed by atoms with Crippen LogP contribution < -0.4 is 0 Å². The van der Waals surface area contributed by atoms with Crippen LogP contribution in [0.2, 0.25) is 0 Å². The van der Waals surface area contributed by atoms with E-state index in [1.807, 2.05) is 0 Å². The first-order chi connectivity index (χ1) is 6.62. The molecule has 0 bridgehead atoms. The topological polar surface area (TPSA) is 9.23 Å². The van der Waals surface area contributed by atoms with Crippen LogP contribution in [0.3, 0.4) is 0 Å². The molecule has 2 unspecified atom stereocenters. The van der Waals surface area contributed by atoms with Crippen LogP contribution in [0.5, 0.6) is 0 Å². The Morgan fingerprint density at radius 2 is 1.00 bits per heavy atom. The van der Waals surface area contributed by atoms with Crippen molar-refractivity contribution in [1.82, 2.24) is 0 Å². The zero-order chi connectivity index (χ0) is 12.3. The molecular formula is C6H6F8O. The summed E-state index contributed by atoms with van der Waals surface area (Å²) in [6.45, 7) is -4.40. The Kier molecular flexibility index (Phi) is 4.75. The summed E-state index contributed by atoms with van der Waals surface area (Å²) in [5, 5.41) is 0. The van der Waals surface area contributed by atoms with Crippen LogP contribution in [0.25, 0.3) is 0 Å². The molecule has 0 fully saturated rings. The molecule has 0 saturated carbocycles. The van der Waals surface area contributed by atoms with Crippen LogP contribution in [0.1, 0.15) is 0 Å². The van der Waals surface area contributed by atoms with Crippen LogP contribution in [-0.2, 0) is 4.74 Å². The lowest BCUT2D eigenvalue weighted by Crippen LogP contribution is -2.43. The van der Waals surface area contributed by atoms with Gasteiger partial charge >= 0.3 is 12.4 Å². The third kappa shape index (κ3) is 4.63. The van der Waals surface area contributed by atoms with Gasteiger partial charge in [-0.2, -0.15) is 26.3 Å².